The van der Waals surface area contributed by atoms with Gasteiger partial charge in [-0.15, -0.1) is 0 Å². The van der Waals surface area contributed by atoms with Gasteiger partial charge < -0.3 is 29.7 Å². The second-order valence-electron chi connectivity index (χ2n) is 12.0. The Morgan fingerprint density at radius 3 is 2.44 bits per heavy atom. The van der Waals surface area contributed by atoms with Crippen molar-refractivity contribution in [1.29, 1.82) is 0 Å². The maximum Gasteiger partial charge on any atom is 0.313 e. The Morgan fingerprint density at radius 1 is 1.02 bits per heavy atom. The highest BCUT2D eigenvalue weighted by Crippen LogP contribution is 2.59. The summed E-state index contributed by atoms with van der Waals surface area (Å²) in [5, 5.41) is 13.1. The second-order valence-corrected chi connectivity index (χ2v) is 12.9. The number of carbonyl (C=O) groups excluding carboxylic acids is 4. The van der Waals surface area contributed by atoms with Crippen molar-refractivity contribution in [2.75, 3.05) is 19.7 Å². The molecule has 0 radical (unpaired) electrons. The number of nitrogens with zero attached hydrogens (tertiary/aromatic N) is 2. The SMILES string of the molecule is C[C@H](CO)N1C(=O)[C@@H]2[C@H]3C(=O)O[C@@H](c4ccccc4)CNC(=O)CC/C=C\CN(Cc4ccccc4)C(=O)[C@@H]1[C@]21C=C(Br)[C@H]3O1. The standard InChI is InChI=1S/C34H36BrN3O7/c1-21(20-39)38-30-32(42)37(19-22-11-5-2-6-12-22)16-10-4-9-15-26(40)36-18-25(23-13-7-3-8-14-23)44-33(43)27-28(31(38)41)34(30)17-24(35)29(27)45-34/h2-8,10-14,17,21,25,27-30,39H,9,15-16,18-20H2,1H3,(H,36,40)/b10-4-/t21-,25-,27-,28+,29-,30-,34+/m1/s1. The van der Waals surface area contributed by atoms with Crippen LogP contribution in [0, 0.1) is 11.8 Å². The minimum absolute atomic E-state index is 0.0525. The molecule has 7 atom stereocenters. The van der Waals surface area contributed by atoms with E-state index in [9.17, 15) is 24.3 Å². The number of aliphatic hydroxyl groups excluding tert-OH is 1. The number of likely N-dealkylation sites (tertiary alicyclic amines) is 1. The zero-order chi connectivity index (χ0) is 31.7. The van der Waals surface area contributed by atoms with Gasteiger partial charge in [0.15, 0.2) is 0 Å². The average molecular weight is 679 g/mol. The highest BCUT2D eigenvalue weighted by Gasteiger charge is 2.75. The van der Waals surface area contributed by atoms with Crippen molar-refractivity contribution in [2.45, 2.75) is 56.2 Å². The number of aliphatic hydroxyl groups is 1. The number of ether oxygens (including phenoxy) is 2. The van der Waals surface area contributed by atoms with Gasteiger partial charge in [-0.1, -0.05) is 88.7 Å². The van der Waals surface area contributed by atoms with E-state index in [-0.39, 0.29) is 44.5 Å². The number of fused-ring (bicyclic) bond motifs is 2. The fourth-order valence-corrected chi connectivity index (χ4v) is 7.66. The molecule has 2 saturated heterocycles. The van der Waals surface area contributed by atoms with E-state index < -0.39 is 53.6 Å². The quantitative estimate of drug-likeness (QED) is 0.368. The van der Waals surface area contributed by atoms with Gasteiger partial charge in [-0.25, -0.2) is 0 Å². The number of hydrogen-bond donors (Lipinski definition) is 2. The first-order valence-electron chi connectivity index (χ1n) is 15.2. The van der Waals surface area contributed by atoms with Crippen molar-refractivity contribution >= 4 is 39.6 Å². The number of rotatable bonds is 5. The van der Waals surface area contributed by atoms with E-state index in [1.54, 1.807) is 17.9 Å². The highest BCUT2D eigenvalue weighted by atomic mass is 79.9. The van der Waals surface area contributed by atoms with E-state index in [1.165, 1.54) is 4.90 Å². The molecule has 6 rings (SSSR count). The molecule has 0 saturated carbocycles. The van der Waals surface area contributed by atoms with Crippen LogP contribution < -0.4 is 5.32 Å². The smallest absolute Gasteiger partial charge is 0.313 e. The van der Waals surface area contributed by atoms with Gasteiger partial charge in [0.1, 0.15) is 29.8 Å². The minimum Gasteiger partial charge on any atom is -0.455 e. The molecule has 0 unspecified atom stereocenters. The van der Waals surface area contributed by atoms with E-state index in [0.717, 1.165) is 5.56 Å². The van der Waals surface area contributed by atoms with E-state index in [0.29, 0.717) is 16.5 Å². The maximum absolute atomic E-state index is 14.7. The van der Waals surface area contributed by atoms with E-state index in [4.69, 9.17) is 9.47 Å². The molecule has 236 valence electrons. The summed E-state index contributed by atoms with van der Waals surface area (Å²) in [4.78, 5) is 58.9. The monoisotopic (exact) mass is 677 g/mol. The summed E-state index contributed by atoms with van der Waals surface area (Å²) in [6, 6.07) is 16.8. The number of esters is 1. The molecule has 45 heavy (non-hydrogen) atoms. The molecule has 4 heterocycles. The van der Waals surface area contributed by atoms with Gasteiger partial charge in [-0.05, 0) is 30.5 Å². The summed E-state index contributed by atoms with van der Waals surface area (Å²) in [7, 11) is 0. The fourth-order valence-electron chi connectivity index (χ4n) is 6.92. The molecular weight excluding hydrogens is 642 g/mol. The Balaban J connectivity index is 1.43. The number of halogens is 1. The zero-order valence-corrected chi connectivity index (χ0v) is 26.5. The van der Waals surface area contributed by atoms with Crippen molar-refractivity contribution in [2.24, 2.45) is 11.8 Å². The average Bonchev–Trinajstić information content (AvgIpc) is 3.65. The first-order chi connectivity index (χ1) is 21.7. The molecule has 2 aromatic rings. The predicted octanol–water partition coefficient (Wildman–Crippen LogP) is 3.02. The minimum atomic E-state index is -1.45. The third-order valence-corrected chi connectivity index (χ3v) is 9.76. The summed E-state index contributed by atoms with van der Waals surface area (Å²) in [6.07, 6.45) is 4.47. The first-order valence-corrected chi connectivity index (χ1v) is 16.0. The van der Waals surface area contributed by atoms with Gasteiger partial charge >= 0.3 is 5.97 Å². The van der Waals surface area contributed by atoms with Crippen LogP contribution in [0.25, 0.3) is 0 Å². The third kappa shape index (κ3) is 5.73. The molecule has 11 heteroatoms. The van der Waals surface area contributed by atoms with Gasteiger partial charge in [-0.2, -0.15) is 0 Å². The number of benzene rings is 2. The molecule has 0 aliphatic carbocycles. The Kier molecular flexibility index (Phi) is 8.94. The number of nitrogens with one attached hydrogen (secondary N) is 1. The topological polar surface area (TPSA) is 125 Å². The van der Waals surface area contributed by atoms with Crippen molar-refractivity contribution in [3.63, 3.8) is 0 Å². The lowest BCUT2D eigenvalue weighted by Gasteiger charge is -2.37. The van der Waals surface area contributed by atoms with Gasteiger partial charge in [0.25, 0.3) is 0 Å². The molecule has 4 aliphatic rings. The van der Waals surface area contributed by atoms with Crippen LogP contribution in [0.4, 0.5) is 0 Å². The van der Waals surface area contributed by atoms with Crippen LogP contribution in [0.15, 0.2) is 83.4 Å². The van der Waals surface area contributed by atoms with Crippen LogP contribution in [-0.2, 0) is 35.2 Å². The summed E-state index contributed by atoms with van der Waals surface area (Å²) < 4.78 is 13.2. The summed E-state index contributed by atoms with van der Waals surface area (Å²) in [5.74, 6) is -3.77. The molecular formula is C34H36BrN3O7. The number of carbonyl (C=O) groups is 4. The molecule has 2 aromatic carbocycles. The first kappa shape index (κ1) is 31.2. The van der Waals surface area contributed by atoms with Crippen LogP contribution in [0.2, 0.25) is 0 Å². The Morgan fingerprint density at radius 2 is 1.73 bits per heavy atom. The molecule has 1 spiro atoms. The third-order valence-electron chi connectivity index (χ3n) is 9.08. The largest absolute Gasteiger partial charge is 0.455 e. The normalized spacial score (nSPS) is 31.7. The predicted molar refractivity (Wildman–Crippen MR) is 167 cm³/mol. The van der Waals surface area contributed by atoms with Gasteiger partial charge in [-0.3, -0.25) is 19.2 Å². The fraction of sp³-hybridized carbons (Fsp3) is 0.412. The van der Waals surface area contributed by atoms with Gasteiger partial charge in [0.2, 0.25) is 17.7 Å². The lowest BCUT2D eigenvalue weighted by molar-refractivity contribution is -0.160. The van der Waals surface area contributed by atoms with Crippen LogP contribution in [0.5, 0.6) is 0 Å². The van der Waals surface area contributed by atoms with Crippen LogP contribution in [-0.4, -0.2) is 82.1 Å². The summed E-state index contributed by atoms with van der Waals surface area (Å²) in [5.41, 5.74) is 0.134. The lowest BCUT2D eigenvalue weighted by atomic mass is 9.74. The molecule has 5 bridgehead atoms. The Bertz CT molecular complexity index is 1520. The Labute approximate surface area is 270 Å². The lowest BCUT2D eigenvalue weighted by Crippen LogP contribution is -2.57. The van der Waals surface area contributed by atoms with Crippen LogP contribution >= 0.6 is 15.9 Å². The summed E-state index contributed by atoms with van der Waals surface area (Å²) >= 11 is 3.56. The van der Waals surface area contributed by atoms with Gasteiger partial charge in [0, 0.05) is 24.0 Å². The number of allylic oxidation sites excluding steroid dienone is 1. The van der Waals surface area contributed by atoms with Gasteiger partial charge in [0.05, 0.1) is 25.1 Å². The van der Waals surface area contributed by atoms with Crippen molar-refractivity contribution in [3.05, 3.63) is 94.5 Å². The maximum atomic E-state index is 14.7. The van der Waals surface area contributed by atoms with Crippen molar-refractivity contribution in [3.8, 4) is 0 Å². The highest BCUT2D eigenvalue weighted by molar-refractivity contribution is 9.11. The van der Waals surface area contributed by atoms with Crippen LogP contribution in [0.3, 0.4) is 0 Å². The zero-order valence-electron chi connectivity index (χ0n) is 24.9. The van der Waals surface area contributed by atoms with E-state index in [1.807, 2.05) is 72.8 Å². The second kappa shape index (κ2) is 12.9. The molecule has 10 nitrogen and oxygen atoms in total. The van der Waals surface area contributed by atoms with Crippen molar-refractivity contribution < 1.29 is 33.8 Å². The van der Waals surface area contributed by atoms with E-state index in [2.05, 4.69) is 21.2 Å². The summed E-state index contributed by atoms with van der Waals surface area (Å²) in [6.45, 7) is 1.83. The van der Waals surface area contributed by atoms with Crippen molar-refractivity contribution in [1.82, 2.24) is 15.1 Å². The Hall–Kier alpha value is -3.80. The number of cyclic esters (lactones) is 1. The molecule has 0 aromatic heterocycles. The molecule has 4 aliphatic heterocycles. The van der Waals surface area contributed by atoms with E-state index >= 15 is 0 Å². The molecule has 2 fully saturated rings. The molecule has 3 amide bonds. The number of amides is 3. The van der Waals surface area contributed by atoms with Crippen LogP contribution in [0.1, 0.15) is 37.0 Å². The number of hydrogen-bond acceptors (Lipinski definition) is 7. The molecule has 2 N–H and O–H groups in total.